The molecule has 0 N–H and O–H groups in total. The number of carbonyl (C=O) groups excluding carboxylic acids is 2. The zero-order valence-corrected chi connectivity index (χ0v) is 18.1. The Kier molecular flexibility index (Phi) is 6.80. The first-order valence-corrected chi connectivity index (χ1v) is 10.8. The van der Waals surface area contributed by atoms with Crippen LogP contribution in [0.15, 0.2) is 53.6 Å². The lowest BCUT2D eigenvalue weighted by Gasteiger charge is -2.33. The number of fused-ring (bicyclic) bond motifs is 1. The Morgan fingerprint density at radius 2 is 1.91 bits per heavy atom. The van der Waals surface area contributed by atoms with Crippen molar-refractivity contribution in [2.45, 2.75) is 19.4 Å². The minimum Gasteiger partial charge on any atom is -0.451 e. The van der Waals surface area contributed by atoms with E-state index in [9.17, 15) is 14.0 Å². The number of hydrazone groups is 1. The molecule has 2 amide bonds. The molecule has 32 heavy (non-hydrogen) atoms. The highest BCUT2D eigenvalue weighted by molar-refractivity contribution is 5.98. The molecule has 0 saturated carbocycles. The molecule has 168 valence electrons. The maximum Gasteiger partial charge on any atom is 0.434 e. The van der Waals surface area contributed by atoms with Gasteiger partial charge >= 0.3 is 6.09 Å². The van der Waals surface area contributed by atoms with E-state index in [0.717, 1.165) is 48.6 Å². The number of carbonyl (C=O) groups is 2. The fraction of sp³-hybridized carbons (Fsp3) is 0.375. The second-order valence-electron chi connectivity index (χ2n) is 8.14. The molecule has 0 bridgehead atoms. The van der Waals surface area contributed by atoms with Gasteiger partial charge < -0.3 is 9.64 Å². The van der Waals surface area contributed by atoms with Crippen LogP contribution in [0.5, 0.6) is 0 Å². The fourth-order valence-corrected chi connectivity index (χ4v) is 4.25. The SMILES string of the molecule is COC(=O)N(/N=C\CN1CCC(CN2Cc3ccccc3C2=O)CC1)c1ccc(F)cc1. The zero-order valence-electron chi connectivity index (χ0n) is 18.1. The van der Waals surface area contributed by atoms with Crippen LogP contribution < -0.4 is 5.01 Å². The maximum atomic E-state index is 13.2. The van der Waals surface area contributed by atoms with Gasteiger partial charge in [-0.2, -0.15) is 10.1 Å². The van der Waals surface area contributed by atoms with Gasteiger partial charge in [0.1, 0.15) is 5.82 Å². The Labute approximate surface area is 187 Å². The van der Waals surface area contributed by atoms with Gasteiger partial charge in [-0.25, -0.2) is 9.18 Å². The van der Waals surface area contributed by atoms with Crippen LogP contribution in [0.1, 0.15) is 28.8 Å². The van der Waals surface area contributed by atoms with Gasteiger partial charge in [-0.1, -0.05) is 18.2 Å². The monoisotopic (exact) mass is 438 g/mol. The average molecular weight is 439 g/mol. The summed E-state index contributed by atoms with van der Waals surface area (Å²) >= 11 is 0. The zero-order chi connectivity index (χ0) is 22.5. The summed E-state index contributed by atoms with van der Waals surface area (Å²) in [5.41, 5.74) is 2.38. The van der Waals surface area contributed by atoms with E-state index in [0.29, 0.717) is 24.7 Å². The number of hydrogen-bond acceptors (Lipinski definition) is 5. The number of rotatable bonds is 6. The van der Waals surface area contributed by atoms with E-state index in [1.54, 1.807) is 6.21 Å². The number of nitrogens with zero attached hydrogens (tertiary/aromatic N) is 4. The van der Waals surface area contributed by atoms with Gasteiger partial charge in [-0.05, 0) is 67.7 Å². The van der Waals surface area contributed by atoms with E-state index in [-0.39, 0.29) is 11.7 Å². The Morgan fingerprint density at radius 1 is 1.19 bits per heavy atom. The predicted molar refractivity (Wildman–Crippen MR) is 120 cm³/mol. The normalized spacial score (nSPS) is 17.1. The van der Waals surface area contributed by atoms with Crippen LogP contribution >= 0.6 is 0 Å². The highest BCUT2D eigenvalue weighted by Crippen LogP contribution is 2.26. The summed E-state index contributed by atoms with van der Waals surface area (Å²) in [7, 11) is 1.28. The number of methoxy groups -OCH3 is 1. The van der Waals surface area contributed by atoms with Gasteiger partial charge in [0.05, 0.1) is 12.8 Å². The van der Waals surface area contributed by atoms with Crippen molar-refractivity contribution in [1.29, 1.82) is 0 Å². The maximum absolute atomic E-state index is 13.2. The van der Waals surface area contributed by atoms with Crippen LogP contribution in [-0.4, -0.2) is 61.3 Å². The van der Waals surface area contributed by atoms with Crippen LogP contribution in [0.2, 0.25) is 0 Å². The molecular formula is C24H27FN4O3. The molecular weight excluding hydrogens is 411 g/mol. The van der Waals surface area contributed by atoms with E-state index in [2.05, 4.69) is 10.0 Å². The van der Waals surface area contributed by atoms with Gasteiger partial charge in [-0.15, -0.1) is 0 Å². The van der Waals surface area contributed by atoms with Crippen molar-refractivity contribution >= 4 is 23.9 Å². The second kappa shape index (κ2) is 9.91. The summed E-state index contributed by atoms with van der Waals surface area (Å²) in [4.78, 5) is 28.9. The van der Waals surface area contributed by atoms with Gasteiger partial charge in [-0.3, -0.25) is 9.69 Å². The third kappa shape index (κ3) is 4.96. The Hall–Kier alpha value is -3.26. The minimum atomic E-state index is -0.636. The fourth-order valence-electron chi connectivity index (χ4n) is 4.25. The molecule has 0 radical (unpaired) electrons. The summed E-state index contributed by atoms with van der Waals surface area (Å²) in [5.74, 6) is 0.232. The Bertz CT molecular complexity index is 987. The van der Waals surface area contributed by atoms with Crippen LogP contribution in [0.3, 0.4) is 0 Å². The molecule has 0 aromatic heterocycles. The molecule has 0 aliphatic carbocycles. The third-order valence-corrected chi connectivity index (χ3v) is 6.04. The first-order valence-electron chi connectivity index (χ1n) is 10.8. The minimum absolute atomic E-state index is 0.138. The Balaban J connectivity index is 1.26. The van der Waals surface area contributed by atoms with E-state index in [4.69, 9.17) is 4.74 Å². The van der Waals surface area contributed by atoms with Crippen molar-refractivity contribution < 1.29 is 18.7 Å². The molecule has 7 nitrogen and oxygen atoms in total. The van der Waals surface area contributed by atoms with Crippen molar-refractivity contribution in [2.24, 2.45) is 11.0 Å². The first kappa shape index (κ1) is 22.0. The second-order valence-corrected chi connectivity index (χ2v) is 8.14. The van der Waals surface area contributed by atoms with E-state index >= 15 is 0 Å². The summed E-state index contributed by atoms with van der Waals surface area (Å²) in [6.45, 7) is 3.89. The number of ether oxygens (including phenoxy) is 1. The molecule has 1 saturated heterocycles. The molecule has 0 spiro atoms. The summed E-state index contributed by atoms with van der Waals surface area (Å²) in [5, 5.41) is 5.35. The van der Waals surface area contributed by atoms with Crippen molar-refractivity contribution in [1.82, 2.24) is 9.80 Å². The van der Waals surface area contributed by atoms with Crippen molar-refractivity contribution in [2.75, 3.05) is 38.3 Å². The van der Waals surface area contributed by atoms with E-state index in [1.165, 1.54) is 31.4 Å². The van der Waals surface area contributed by atoms with Gasteiger partial charge in [0.15, 0.2) is 0 Å². The molecule has 2 heterocycles. The molecule has 8 heteroatoms. The lowest BCUT2D eigenvalue weighted by atomic mass is 9.96. The van der Waals surface area contributed by atoms with Gasteiger partial charge in [0.25, 0.3) is 5.91 Å². The number of benzene rings is 2. The number of amides is 2. The largest absolute Gasteiger partial charge is 0.451 e. The van der Waals surface area contributed by atoms with Gasteiger partial charge in [0.2, 0.25) is 0 Å². The smallest absolute Gasteiger partial charge is 0.434 e. The number of piperidine rings is 1. The molecule has 2 aliphatic rings. The third-order valence-electron chi connectivity index (χ3n) is 6.04. The molecule has 0 atom stereocenters. The summed E-state index contributed by atoms with van der Waals surface area (Å²) in [6, 6.07) is 13.3. The molecule has 2 aromatic rings. The molecule has 4 rings (SSSR count). The average Bonchev–Trinajstić information content (AvgIpc) is 3.13. The van der Waals surface area contributed by atoms with E-state index < -0.39 is 6.09 Å². The van der Waals surface area contributed by atoms with Crippen molar-refractivity contribution in [3.63, 3.8) is 0 Å². The standard InChI is InChI=1S/C24H27FN4O3/c1-32-24(31)29(21-8-6-20(25)7-9-21)26-12-15-27-13-10-18(11-14-27)16-28-17-19-4-2-3-5-22(19)23(28)30/h2-9,12,18H,10-11,13-17H2,1H3/b26-12-. The van der Waals surface area contributed by atoms with E-state index in [1.807, 2.05) is 29.2 Å². The highest BCUT2D eigenvalue weighted by Gasteiger charge is 2.30. The van der Waals surface area contributed by atoms with Crippen molar-refractivity contribution in [3.05, 3.63) is 65.5 Å². The predicted octanol–water partition coefficient (Wildman–Crippen LogP) is 3.75. The van der Waals surface area contributed by atoms with Crippen molar-refractivity contribution in [3.8, 4) is 0 Å². The highest BCUT2D eigenvalue weighted by atomic mass is 19.1. The lowest BCUT2D eigenvalue weighted by molar-refractivity contribution is 0.0719. The number of hydrogen-bond donors (Lipinski definition) is 0. The Morgan fingerprint density at radius 3 is 2.59 bits per heavy atom. The van der Waals surface area contributed by atoms with Crippen LogP contribution in [-0.2, 0) is 11.3 Å². The van der Waals surface area contributed by atoms with Crippen LogP contribution in [0, 0.1) is 11.7 Å². The molecule has 2 aromatic carbocycles. The summed E-state index contributed by atoms with van der Waals surface area (Å²) < 4.78 is 18.0. The number of likely N-dealkylation sites (tertiary alicyclic amines) is 1. The first-order chi connectivity index (χ1) is 15.5. The molecule has 2 aliphatic heterocycles. The molecule has 1 fully saturated rings. The quantitative estimate of drug-likeness (QED) is 0.509. The number of halogens is 1. The summed E-state index contributed by atoms with van der Waals surface area (Å²) in [6.07, 6.45) is 3.04. The van der Waals surface area contributed by atoms with Crippen LogP contribution in [0.25, 0.3) is 0 Å². The van der Waals surface area contributed by atoms with Crippen LogP contribution in [0.4, 0.5) is 14.9 Å². The number of anilines is 1. The van der Waals surface area contributed by atoms with Gasteiger partial charge in [0, 0.05) is 31.4 Å². The topological polar surface area (TPSA) is 65.5 Å². The molecule has 0 unspecified atom stereocenters. The lowest BCUT2D eigenvalue weighted by Crippen LogP contribution is -2.39.